The van der Waals surface area contributed by atoms with Gasteiger partial charge in [0.05, 0.1) is 5.75 Å². The molecule has 0 aliphatic carbocycles. The molecule has 0 atom stereocenters. The zero-order chi connectivity index (χ0) is 11.5. The summed E-state index contributed by atoms with van der Waals surface area (Å²) >= 11 is 0. The van der Waals surface area contributed by atoms with Gasteiger partial charge in [-0.1, -0.05) is 6.92 Å². The van der Waals surface area contributed by atoms with Crippen molar-refractivity contribution in [3.8, 4) is 0 Å². The second kappa shape index (κ2) is 4.80. The molecule has 0 unspecified atom stereocenters. The Labute approximate surface area is 93.1 Å². The Balaban J connectivity index is 2.83. The molecule has 0 saturated carbocycles. The van der Waals surface area contributed by atoms with Crippen molar-refractivity contribution < 1.29 is 8.42 Å². The maximum Gasteiger partial charge on any atom is 0.214 e. The van der Waals surface area contributed by atoms with E-state index in [1.807, 2.05) is 6.92 Å². The minimum absolute atomic E-state index is 0.122. The first-order valence-corrected chi connectivity index (χ1v) is 7.21. The summed E-state index contributed by atoms with van der Waals surface area (Å²) in [6.45, 7) is 8.10. The Kier molecular flexibility index (Phi) is 4.14. The van der Waals surface area contributed by atoms with Gasteiger partial charge in [0.2, 0.25) is 10.0 Å². The quantitative estimate of drug-likeness (QED) is 0.769. The van der Waals surface area contributed by atoms with Crippen LogP contribution < -0.4 is 5.32 Å². The maximum absolute atomic E-state index is 11.9. The Morgan fingerprint density at radius 2 is 2.07 bits per heavy atom. The lowest BCUT2D eigenvalue weighted by Crippen LogP contribution is -2.53. The Morgan fingerprint density at radius 3 is 2.67 bits per heavy atom. The maximum atomic E-state index is 11.9. The fraction of sp³-hybridized carbons (Fsp3) is 1.00. The third-order valence-corrected chi connectivity index (χ3v) is 4.52. The number of sulfonamides is 1. The largest absolute Gasteiger partial charge is 0.310 e. The molecule has 15 heavy (non-hydrogen) atoms. The molecule has 90 valence electrons. The fourth-order valence-corrected chi connectivity index (χ4v) is 3.62. The van der Waals surface area contributed by atoms with E-state index in [0.717, 1.165) is 13.0 Å². The molecular weight excluding hydrogens is 212 g/mol. The second-order valence-corrected chi connectivity index (χ2v) is 6.90. The van der Waals surface area contributed by atoms with Gasteiger partial charge in [0, 0.05) is 18.6 Å². The third kappa shape index (κ3) is 3.74. The summed E-state index contributed by atoms with van der Waals surface area (Å²) in [5.41, 5.74) is -0.122. The highest BCUT2D eigenvalue weighted by Gasteiger charge is 2.30. The SMILES string of the molecule is CCCN1CC(C)(C)NCCCS1(=O)=O. The summed E-state index contributed by atoms with van der Waals surface area (Å²) in [5, 5.41) is 3.38. The van der Waals surface area contributed by atoms with Crippen molar-refractivity contribution in [2.75, 3.05) is 25.4 Å². The first-order chi connectivity index (χ1) is 6.87. The Hall–Kier alpha value is -0.130. The van der Waals surface area contributed by atoms with Crippen molar-refractivity contribution in [1.82, 2.24) is 9.62 Å². The number of hydrogen-bond acceptors (Lipinski definition) is 3. The first-order valence-electron chi connectivity index (χ1n) is 5.60. The highest BCUT2D eigenvalue weighted by Crippen LogP contribution is 2.14. The van der Waals surface area contributed by atoms with E-state index < -0.39 is 10.0 Å². The van der Waals surface area contributed by atoms with Crippen molar-refractivity contribution in [1.29, 1.82) is 0 Å². The van der Waals surface area contributed by atoms with Gasteiger partial charge in [-0.05, 0) is 33.2 Å². The van der Waals surface area contributed by atoms with E-state index in [2.05, 4.69) is 19.2 Å². The van der Waals surface area contributed by atoms with Gasteiger partial charge < -0.3 is 5.32 Å². The molecule has 1 aliphatic rings. The molecular formula is C10H22N2O2S. The molecule has 1 N–H and O–H groups in total. The fourth-order valence-electron chi connectivity index (χ4n) is 1.87. The van der Waals surface area contributed by atoms with Crippen molar-refractivity contribution in [2.45, 2.75) is 39.2 Å². The Morgan fingerprint density at radius 1 is 1.40 bits per heavy atom. The van der Waals surface area contributed by atoms with Crippen molar-refractivity contribution >= 4 is 10.0 Å². The summed E-state index contributed by atoms with van der Waals surface area (Å²) in [4.78, 5) is 0. The summed E-state index contributed by atoms with van der Waals surface area (Å²) in [5.74, 6) is 0.274. The molecule has 0 aromatic heterocycles. The average Bonchev–Trinajstić information content (AvgIpc) is 2.10. The van der Waals surface area contributed by atoms with E-state index in [1.165, 1.54) is 0 Å². The zero-order valence-corrected chi connectivity index (χ0v) is 10.7. The second-order valence-electron chi connectivity index (χ2n) is 4.81. The summed E-state index contributed by atoms with van der Waals surface area (Å²) < 4.78 is 25.5. The first kappa shape index (κ1) is 12.9. The lowest BCUT2D eigenvalue weighted by atomic mass is 10.1. The van der Waals surface area contributed by atoms with Crippen LogP contribution in [0, 0.1) is 0 Å². The zero-order valence-electron chi connectivity index (χ0n) is 9.91. The topological polar surface area (TPSA) is 49.4 Å². The molecule has 0 aromatic rings. The molecule has 1 fully saturated rings. The van der Waals surface area contributed by atoms with Gasteiger partial charge in [-0.3, -0.25) is 0 Å². The predicted octanol–water partition coefficient (Wildman–Crippen LogP) is 0.800. The molecule has 1 rings (SSSR count). The molecule has 1 heterocycles. The van der Waals surface area contributed by atoms with Gasteiger partial charge in [-0.2, -0.15) is 0 Å². The number of nitrogens with zero attached hydrogens (tertiary/aromatic N) is 1. The number of nitrogens with one attached hydrogen (secondary N) is 1. The monoisotopic (exact) mass is 234 g/mol. The predicted molar refractivity (Wildman–Crippen MR) is 62.3 cm³/mol. The third-order valence-electron chi connectivity index (χ3n) is 2.62. The van der Waals surface area contributed by atoms with Crippen LogP contribution in [0.3, 0.4) is 0 Å². The van der Waals surface area contributed by atoms with Crippen LogP contribution in [0.15, 0.2) is 0 Å². The number of hydrogen-bond donors (Lipinski definition) is 1. The van der Waals surface area contributed by atoms with E-state index in [-0.39, 0.29) is 11.3 Å². The van der Waals surface area contributed by atoms with Crippen LogP contribution in [-0.4, -0.2) is 43.6 Å². The summed E-state index contributed by atoms with van der Waals surface area (Å²) in [6.07, 6.45) is 1.57. The van der Waals surface area contributed by atoms with Crippen LogP contribution in [0.1, 0.15) is 33.6 Å². The van der Waals surface area contributed by atoms with Crippen molar-refractivity contribution in [2.24, 2.45) is 0 Å². The molecule has 0 spiro atoms. The molecule has 1 aliphatic heterocycles. The molecule has 0 radical (unpaired) electrons. The minimum Gasteiger partial charge on any atom is -0.310 e. The van der Waals surface area contributed by atoms with E-state index >= 15 is 0 Å². The number of rotatable bonds is 2. The summed E-state index contributed by atoms with van der Waals surface area (Å²) in [6, 6.07) is 0. The minimum atomic E-state index is -3.02. The summed E-state index contributed by atoms with van der Waals surface area (Å²) in [7, 11) is -3.02. The van der Waals surface area contributed by atoms with Crippen LogP contribution in [-0.2, 0) is 10.0 Å². The van der Waals surface area contributed by atoms with E-state index in [4.69, 9.17) is 0 Å². The lowest BCUT2D eigenvalue weighted by Gasteiger charge is -2.35. The van der Waals surface area contributed by atoms with Gasteiger partial charge in [0.25, 0.3) is 0 Å². The smallest absolute Gasteiger partial charge is 0.214 e. The van der Waals surface area contributed by atoms with Crippen molar-refractivity contribution in [3.63, 3.8) is 0 Å². The lowest BCUT2D eigenvalue weighted by molar-refractivity contribution is 0.277. The molecule has 0 aromatic carbocycles. The van der Waals surface area contributed by atoms with Gasteiger partial charge in [0.15, 0.2) is 0 Å². The molecule has 4 nitrogen and oxygen atoms in total. The van der Waals surface area contributed by atoms with Crippen LogP contribution >= 0.6 is 0 Å². The Bertz CT molecular complexity index is 299. The van der Waals surface area contributed by atoms with E-state index in [0.29, 0.717) is 19.5 Å². The highest BCUT2D eigenvalue weighted by molar-refractivity contribution is 7.89. The standard InChI is InChI=1S/C10H22N2O2S/c1-4-7-12-9-10(2,3)11-6-5-8-15(12,13)14/h11H,4-9H2,1-3H3. The average molecular weight is 234 g/mol. The van der Waals surface area contributed by atoms with E-state index in [1.54, 1.807) is 4.31 Å². The molecule has 0 bridgehead atoms. The molecule has 1 saturated heterocycles. The molecule has 0 amide bonds. The van der Waals surface area contributed by atoms with Gasteiger partial charge >= 0.3 is 0 Å². The van der Waals surface area contributed by atoms with E-state index in [9.17, 15) is 8.42 Å². The van der Waals surface area contributed by atoms with Crippen LogP contribution in [0.4, 0.5) is 0 Å². The van der Waals surface area contributed by atoms with Crippen LogP contribution in [0.5, 0.6) is 0 Å². The normalized spacial score (nSPS) is 26.9. The van der Waals surface area contributed by atoms with Crippen molar-refractivity contribution in [3.05, 3.63) is 0 Å². The van der Waals surface area contributed by atoms with Crippen LogP contribution in [0.2, 0.25) is 0 Å². The van der Waals surface area contributed by atoms with Crippen LogP contribution in [0.25, 0.3) is 0 Å². The molecule has 5 heteroatoms. The van der Waals surface area contributed by atoms with Gasteiger partial charge in [-0.15, -0.1) is 0 Å². The highest BCUT2D eigenvalue weighted by atomic mass is 32.2. The van der Waals surface area contributed by atoms with Gasteiger partial charge in [-0.25, -0.2) is 12.7 Å². The van der Waals surface area contributed by atoms with Gasteiger partial charge in [0.1, 0.15) is 0 Å².